The Kier molecular flexibility index (Phi) is 9.07. The number of nitrogens with two attached hydrogens (primary N) is 1. The lowest BCUT2D eigenvalue weighted by atomic mass is 9.91. The number of rotatable bonds is 10. The third-order valence-electron chi connectivity index (χ3n) is 5.47. The molecule has 178 valence electrons. The highest BCUT2D eigenvalue weighted by Crippen LogP contribution is 2.22. The van der Waals surface area contributed by atoms with Crippen LogP contribution in [0.2, 0.25) is 0 Å². The molecule has 0 bridgehead atoms. The van der Waals surface area contributed by atoms with Crippen LogP contribution in [0.4, 0.5) is 0 Å². The van der Waals surface area contributed by atoms with E-state index in [0.717, 1.165) is 16.3 Å². The van der Waals surface area contributed by atoms with Crippen LogP contribution in [0.1, 0.15) is 39.2 Å². The van der Waals surface area contributed by atoms with Crippen molar-refractivity contribution in [2.24, 2.45) is 17.6 Å². The van der Waals surface area contributed by atoms with Crippen molar-refractivity contribution >= 4 is 34.5 Å². The zero-order valence-corrected chi connectivity index (χ0v) is 19.0. The number of amides is 3. The van der Waals surface area contributed by atoms with E-state index in [0.29, 0.717) is 4.90 Å². The number of hydroxylamine groups is 1. The summed E-state index contributed by atoms with van der Waals surface area (Å²) in [5.74, 6) is -4.82. The van der Waals surface area contributed by atoms with E-state index >= 15 is 0 Å². The molecule has 3 amide bonds. The summed E-state index contributed by atoms with van der Waals surface area (Å²) in [7, 11) is 0. The minimum Gasteiger partial charge on any atom is -0.480 e. The molecule has 0 fully saturated rings. The molecule has 2 rings (SSSR count). The van der Waals surface area contributed by atoms with Crippen molar-refractivity contribution in [2.75, 3.05) is 0 Å². The normalized spacial score (nSPS) is 13.9. The van der Waals surface area contributed by atoms with Crippen molar-refractivity contribution in [2.45, 2.75) is 52.1 Å². The van der Waals surface area contributed by atoms with Crippen LogP contribution in [0, 0.1) is 11.8 Å². The molecule has 0 aliphatic heterocycles. The van der Waals surface area contributed by atoms with Gasteiger partial charge in [0.05, 0.1) is 6.04 Å². The number of carbonyl (C=O) groups is 4. The van der Waals surface area contributed by atoms with Gasteiger partial charge in [-0.25, -0.2) is 10.3 Å². The van der Waals surface area contributed by atoms with Crippen LogP contribution in [0.15, 0.2) is 42.5 Å². The van der Waals surface area contributed by atoms with Gasteiger partial charge >= 0.3 is 5.97 Å². The number of hydrogen-bond acceptors (Lipinski definition) is 6. The smallest absolute Gasteiger partial charge is 0.326 e. The van der Waals surface area contributed by atoms with Crippen molar-refractivity contribution in [3.8, 4) is 0 Å². The Bertz CT molecular complexity index is 1020. The molecule has 2 aromatic rings. The Morgan fingerprint density at radius 2 is 1.64 bits per heavy atom. The molecule has 0 heterocycles. The zero-order chi connectivity index (χ0) is 24.7. The standard InChI is InChI=1S/C24H31N3O6/c1-14(2)10-19(13-21(28)26-33)22(29)27(15(3)24(31)32)23(30)20(25)12-16-8-9-17-6-4-5-7-18(17)11-16/h4-9,11,14-15,19-20,33H,10,12-13,25H2,1-3H3,(H,26,28)(H,31,32)/t15-,19?,20-/m0/s1. The summed E-state index contributed by atoms with van der Waals surface area (Å²) >= 11 is 0. The molecule has 0 aromatic heterocycles. The van der Waals surface area contributed by atoms with E-state index in [-0.39, 0.29) is 25.2 Å². The summed E-state index contributed by atoms with van der Waals surface area (Å²) in [6.45, 7) is 4.88. The van der Waals surface area contributed by atoms with Gasteiger partial charge in [-0.15, -0.1) is 0 Å². The van der Waals surface area contributed by atoms with E-state index in [1.54, 1.807) is 0 Å². The van der Waals surface area contributed by atoms with E-state index in [9.17, 15) is 24.3 Å². The SMILES string of the molecule is CC(C)CC(CC(=O)NO)C(=O)N(C(=O)[C@@H](N)Cc1ccc2ccccc2c1)[C@@H](C)C(=O)O. The molecule has 33 heavy (non-hydrogen) atoms. The van der Waals surface area contributed by atoms with Crippen LogP contribution in [0.5, 0.6) is 0 Å². The minimum absolute atomic E-state index is 0.0196. The van der Waals surface area contributed by atoms with Crippen LogP contribution in [0.25, 0.3) is 10.8 Å². The predicted molar refractivity (Wildman–Crippen MR) is 122 cm³/mol. The Balaban J connectivity index is 2.31. The fraction of sp³-hybridized carbons (Fsp3) is 0.417. The molecule has 3 atom stereocenters. The van der Waals surface area contributed by atoms with Crippen LogP contribution >= 0.6 is 0 Å². The average molecular weight is 458 g/mol. The topological polar surface area (TPSA) is 150 Å². The molecule has 0 aliphatic rings. The van der Waals surface area contributed by atoms with Crippen molar-refractivity contribution in [3.05, 3.63) is 48.0 Å². The third kappa shape index (κ3) is 6.84. The first-order valence-corrected chi connectivity index (χ1v) is 10.8. The number of carboxylic acid groups (broad SMARTS) is 1. The van der Waals surface area contributed by atoms with E-state index in [2.05, 4.69) is 0 Å². The fourth-order valence-corrected chi connectivity index (χ4v) is 3.79. The Hall–Kier alpha value is -3.30. The van der Waals surface area contributed by atoms with Gasteiger partial charge < -0.3 is 10.8 Å². The van der Waals surface area contributed by atoms with E-state index in [1.165, 1.54) is 12.4 Å². The van der Waals surface area contributed by atoms with Crippen molar-refractivity contribution in [1.82, 2.24) is 10.4 Å². The molecule has 0 saturated heterocycles. The molecule has 1 unspecified atom stereocenters. The fourth-order valence-electron chi connectivity index (χ4n) is 3.79. The first-order chi connectivity index (χ1) is 15.5. The molecule has 0 radical (unpaired) electrons. The Morgan fingerprint density at radius 1 is 1.00 bits per heavy atom. The van der Waals surface area contributed by atoms with Crippen molar-refractivity contribution in [3.63, 3.8) is 0 Å². The monoisotopic (exact) mass is 457 g/mol. The highest BCUT2D eigenvalue weighted by Gasteiger charge is 2.38. The second-order valence-corrected chi connectivity index (χ2v) is 8.62. The van der Waals surface area contributed by atoms with Gasteiger partial charge in [0.1, 0.15) is 6.04 Å². The summed E-state index contributed by atoms with van der Waals surface area (Å²) in [5, 5.41) is 20.4. The van der Waals surface area contributed by atoms with Crippen LogP contribution in [-0.4, -0.2) is 51.0 Å². The maximum atomic E-state index is 13.3. The molecule has 9 heteroatoms. The van der Waals surface area contributed by atoms with Gasteiger partial charge in [-0.05, 0) is 42.0 Å². The van der Waals surface area contributed by atoms with Gasteiger partial charge in [0.25, 0.3) is 0 Å². The molecular formula is C24H31N3O6. The lowest BCUT2D eigenvalue weighted by Crippen LogP contribution is -2.55. The highest BCUT2D eigenvalue weighted by molar-refractivity contribution is 6.03. The quantitative estimate of drug-likeness (QED) is 0.315. The zero-order valence-electron chi connectivity index (χ0n) is 19.0. The summed E-state index contributed by atoms with van der Waals surface area (Å²) in [6, 6.07) is 10.7. The molecule has 0 spiro atoms. The van der Waals surface area contributed by atoms with E-state index < -0.39 is 41.7 Å². The van der Waals surface area contributed by atoms with Gasteiger partial charge in [0, 0.05) is 12.3 Å². The van der Waals surface area contributed by atoms with Crippen LogP contribution in [0.3, 0.4) is 0 Å². The minimum atomic E-state index is -1.47. The van der Waals surface area contributed by atoms with Crippen LogP contribution < -0.4 is 11.2 Å². The summed E-state index contributed by atoms with van der Waals surface area (Å²) in [6.07, 6.45) is -0.0579. The molecular weight excluding hydrogens is 426 g/mol. The largest absolute Gasteiger partial charge is 0.480 e. The number of nitrogens with zero attached hydrogens (tertiary/aromatic N) is 1. The molecule has 5 N–H and O–H groups in total. The average Bonchev–Trinajstić information content (AvgIpc) is 2.77. The number of carbonyl (C=O) groups excluding carboxylic acids is 3. The summed E-state index contributed by atoms with van der Waals surface area (Å²) in [4.78, 5) is 50.6. The molecule has 0 aliphatic carbocycles. The van der Waals surface area contributed by atoms with Gasteiger partial charge in [-0.3, -0.25) is 24.5 Å². The number of aliphatic carboxylic acids is 1. The lowest BCUT2D eigenvalue weighted by molar-refractivity contribution is -0.160. The lowest BCUT2D eigenvalue weighted by Gasteiger charge is -2.31. The summed E-state index contributed by atoms with van der Waals surface area (Å²) in [5.41, 5.74) is 8.39. The molecule has 2 aromatic carbocycles. The summed E-state index contributed by atoms with van der Waals surface area (Å²) < 4.78 is 0. The number of benzene rings is 2. The predicted octanol–water partition coefficient (Wildman–Crippen LogP) is 2.10. The number of hydrogen-bond donors (Lipinski definition) is 4. The van der Waals surface area contributed by atoms with Gasteiger partial charge in [0.15, 0.2) is 0 Å². The second-order valence-electron chi connectivity index (χ2n) is 8.62. The number of nitrogens with one attached hydrogen (secondary N) is 1. The van der Waals surface area contributed by atoms with Crippen molar-refractivity contribution in [1.29, 1.82) is 0 Å². The maximum Gasteiger partial charge on any atom is 0.326 e. The molecule has 0 saturated carbocycles. The number of carboxylic acids is 1. The third-order valence-corrected chi connectivity index (χ3v) is 5.47. The van der Waals surface area contributed by atoms with Crippen molar-refractivity contribution < 1.29 is 29.5 Å². The van der Waals surface area contributed by atoms with Gasteiger partial charge in [-0.2, -0.15) is 0 Å². The van der Waals surface area contributed by atoms with E-state index in [4.69, 9.17) is 10.9 Å². The number of imide groups is 1. The molecule has 9 nitrogen and oxygen atoms in total. The van der Waals surface area contributed by atoms with E-state index in [1.807, 2.05) is 56.3 Å². The Morgan fingerprint density at radius 3 is 2.21 bits per heavy atom. The first kappa shape index (κ1) is 26.0. The first-order valence-electron chi connectivity index (χ1n) is 10.8. The number of fused-ring (bicyclic) bond motifs is 1. The highest BCUT2D eigenvalue weighted by atomic mass is 16.5. The van der Waals surface area contributed by atoms with Gasteiger partial charge in [0.2, 0.25) is 17.7 Å². The second kappa shape index (κ2) is 11.5. The van der Waals surface area contributed by atoms with Crippen LogP contribution in [-0.2, 0) is 25.6 Å². The maximum absolute atomic E-state index is 13.3. The van der Waals surface area contributed by atoms with Gasteiger partial charge in [-0.1, -0.05) is 56.3 Å². The Labute approximate surface area is 192 Å².